The molecule has 22 heavy (non-hydrogen) atoms. The monoisotopic (exact) mass is 322 g/mol. The molecule has 0 aliphatic carbocycles. The lowest BCUT2D eigenvalue weighted by molar-refractivity contribution is -0.139. The van der Waals surface area contributed by atoms with Gasteiger partial charge < -0.3 is 14.5 Å². The number of nitrogens with zero attached hydrogens (tertiary/aromatic N) is 2. The smallest absolute Gasteiger partial charge is 0.256 e. The van der Waals surface area contributed by atoms with E-state index in [1.807, 2.05) is 0 Å². The fourth-order valence-electron chi connectivity index (χ4n) is 3.05. The normalized spacial score (nSPS) is 22.0. The minimum Gasteiger partial charge on any atom is -0.378 e. The first-order valence-corrected chi connectivity index (χ1v) is 7.98. The van der Waals surface area contributed by atoms with Crippen molar-refractivity contribution in [3.8, 4) is 0 Å². The molecule has 2 aliphatic heterocycles. The van der Waals surface area contributed by atoms with Gasteiger partial charge in [-0.05, 0) is 25.0 Å². The summed E-state index contributed by atoms with van der Waals surface area (Å²) in [5.41, 5.74) is 0.464. The van der Waals surface area contributed by atoms with Gasteiger partial charge in [-0.3, -0.25) is 9.59 Å². The summed E-state index contributed by atoms with van der Waals surface area (Å²) >= 11 is 6.11. The molecule has 2 fully saturated rings. The summed E-state index contributed by atoms with van der Waals surface area (Å²) in [6, 6.07) is 6.61. The summed E-state index contributed by atoms with van der Waals surface area (Å²) in [6.45, 7) is 2.94. The average molecular weight is 323 g/mol. The Bertz CT molecular complexity index is 572. The Morgan fingerprint density at radius 1 is 1.14 bits per heavy atom. The van der Waals surface area contributed by atoms with Crippen LogP contribution in [-0.2, 0) is 9.53 Å². The van der Waals surface area contributed by atoms with E-state index in [1.54, 1.807) is 34.1 Å². The predicted molar refractivity (Wildman–Crippen MR) is 82.9 cm³/mol. The Balaban J connectivity index is 1.76. The van der Waals surface area contributed by atoms with E-state index in [4.69, 9.17) is 16.3 Å². The van der Waals surface area contributed by atoms with Crippen LogP contribution in [0.15, 0.2) is 24.3 Å². The predicted octanol–water partition coefficient (Wildman–Crippen LogP) is 1.80. The van der Waals surface area contributed by atoms with Gasteiger partial charge in [0.1, 0.15) is 6.04 Å². The zero-order chi connectivity index (χ0) is 15.5. The molecule has 6 heteroatoms. The largest absolute Gasteiger partial charge is 0.378 e. The molecule has 2 saturated heterocycles. The summed E-state index contributed by atoms with van der Waals surface area (Å²) < 4.78 is 5.28. The van der Waals surface area contributed by atoms with Crippen molar-refractivity contribution in [1.82, 2.24) is 9.80 Å². The number of rotatable bonds is 2. The highest BCUT2D eigenvalue weighted by Gasteiger charge is 2.37. The molecule has 2 aliphatic rings. The van der Waals surface area contributed by atoms with Crippen molar-refractivity contribution in [2.24, 2.45) is 0 Å². The molecule has 0 spiro atoms. The Morgan fingerprint density at radius 3 is 2.59 bits per heavy atom. The Labute approximate surface area is 134 Å². The van der Waals surface area contributed by atoms with Crippen molar-refractivity contribution in [2.45, 2.75) is 18.9 Å². The minimum absolute atomic E-state index is 0.0289. The first kappa shape index (κ1) is 15.3. The second-order valence-corrected chi connectivity index (χ2v) is 5.98. The van der Waals surface area contributed by atoms with Crippen molar-refractivity contribution < 1.29 is 14.3 Å². The van der Waals surface area contributed by atoms with Gasteiger partial charge in [0.25, 0.3) is 5.91 Å². The van der Waals surface area contributed by atoms with Gasteiger partial charge in [-0.15, -0.1) is 0 Å². The lowest BCUT2D eigenvalue weighted by Gasteiger charge is -2.32. The topological polar surface area (TPSA) is 49.9 Å². The number of ether oxygens (including phenoxy) is 1. The van der Waals surface area contributed by atoms with Gasteiger partial charge in [0, 0.05) is 19.6 Å². The Morgan fingerprint density at radius 2 is 1.86 bits per heavy atom. The van der Waals surface area contributed by atoms with Crippen LogP contribution in [0.5, 0.6) is 0 Å². The van der Waals surface area contributed by atoms with E-state index < -0.39 is 0 Å². The van der Waals surface area contributed by atoms with E-state index in [9.17, 15) is 9.59 Å². The van der Waals surface area contributed by atoms with Gasteiger partial charge in [0.2, 0.25) is 5.91 Å². The fourth-order valence-corrected chi connectivity index (χ4v) is 3.27. The number of halogens is 1. The molecule has 118 valence electrons. The van der Waals surface area contributed by atoms with Gasteiger partial charge in [-0.2, -0.15) is 0 Å². The van der Waals surface area contributed by atoms with Gasteiger partial charge in [0.15, 0.2) is 0 Å². The van der Waals surface area contributed by atoms with Crippen LogP contribution in [0.25, 0.3) is 0 Å². The molecule has 2 heterocycles. The maximum absolute atomic E-state index is 12.7. The number of hydrogen-bond donors (Lipinski definition) is 0. The van der Waals surface area contributed by atoms with Crippen molar-refractivity contribution in [2.75, 3.05) is 32.8 Å². The molecule has 1 atom stereocenters. The van der Waals surface area contributed by atoms with Crippen LogP contribution in [0, 0.1) is 0 Å². The van der Waals surface area contributed by atoms with Gasteiger partial charge in [-0.25, -0.2) is 0 Å². The van der Waals surface area contributed by atoms with E-state index in [0.717, 1.165) is 6.42 Å². The molecule has 3 rings (SSSR count). The molecule has 0 bridgehead atoms. The van der Waals surface area contributed by atoms with Crippen molar-refractivity contribution in [1.29, 1.82) is 0 Å². The molecular formula is C16H19ClN2O3. The second kappa shape index (κ2) is 6.67. The first-order chi connectivity index (χ1) is 10.7. The van der Waals surface area contributed by atoms with E-state index in [2.05, 4.69) is 0 Å². The fraction of sp³-hybridized carbons (Fsp3) is 0.500. The number of amides is 2. The third-order valence-electron chi connectivity index (χ3n) is 4.23. The van der Waals surface area contributed by atoms with E-state index >= 15 is 0 Å². The highest BCUT2D eigenvalue weighted by atomic mass is 35.5. The van der Waals surface area contributed by atoms with Crippen LogP contribution in [0.4, 0.5) is 0 Å². The molecule has 0 N–H and O–H groups in total. The molecule has 0 radical (unpaired) electrons. The van der Waals surface area contributed by atoms with E-state index in [-0.39, 0.29) is 17.9 Å². The summed E-state index contributed by atoms with van der Waals surface area (Å²) in [7, 11) is 0. The molecule has 0 saturated carbocycles. The number of morpholine rings is 1. The molecule has 2 amide bonds. The zero-order valence-electron chi connectivity index (χ0n) is 12.3. The van der Waals surface area contributed by atoms with Crippen molar-refractivity contribution in [3.05, 3.63) is 34.9 Å². The summed E-state index contributed by atoms with van der Waals surface area (Å²) in [6.07, 6.45) is 1.56. The van der Waals surface area contributed by atoms with Crippen LogP contribution in [0.3, 0.4) is 0 Å². The van der Waals surface area contributed by atoms with Crippen LogP contribution >= 0.6 is 11.6 Å². The quantitative estimate of drug-likeness (QED) is 0.834. The number of benzene rings is 1. The van der Waals surface area contributed by atoms with Crippen molar-refractivity contribution >= 4 is 23.4 Å². The SMILES string of the molecule is O=C([C@@H]1CCCN1C(=O)c1ccccc1Cl)N1CCOCC1. The molecular weight excluding hydrogens is 304 g/mol. The zero-order valence-corrected chi connectivity index (χ0v) is 13.1. The summed E-state index contributed by atoms with van der Waals surface area (Å²) in [5, 5.41) is 0.428. The molecule has 1 aromatic carbocycles. The minimum atomic E-state index is -0.373. The highest BCUT2D eigenvalue weighted by molar-refractivity contribution is 6.33. The van der Waals surface area contributed by atoms with Crippen molar-refractivity contribution in [3.63, 3.8) is 0 Å². The standard InChI is InChI=1S/C16H19ClN2O3/c17-13-5-2-1-4-12(13)15(20)19-7-3-6-14(19)16(21)18-8-10-22-11-9-18/h1-2,4-5,14H,3,6-11H2/t14-/m0/s1. The Kier molecular flexibility index (Phi) is 4.64. The van der Waals surface area contributed by atoms with Crippen LogP contribution in [0.2, 0.25) is 5.02 Å². The molecule has 0 unspecified atom stereocenters. The van der Waals surface area contributed by atoms with Gasteiger partial charge >= 0.3 is 0 Å². The van der Waals surface area contributed by atoms with Crippen LogP contribution in [0.1, 0.15) is 23.2 Å². The molecule has 1 aromatic rings. The van der Waals surface area contributed by atoms with Crippen LogP contribution < -0.4 is 0 Å². The third kappa shape index (κ3) is 2.96. The number of likely N-dealkylation sites (tertiary alicyclic amines) is 1. The lowest BCUT2D eigenvalue weighted by atomic mass is 10.1. The highest BCUT2D eigenvalue weighted by Crippen LogP contribution is 2.25. The third-order valence-corrected chi connectivity index (χ3v) is 4.56. The first-order valence-electron chi connectivity index (χ1n) is 7.60. The number of carbonyl (C=O) groups excluding carboxylic acids is 2. The molecule has 0 aromatic heterocycles. The van der Waals surface area contributed by atoms with Gasteiger partial charge in [0.05, 0.1) is 23.8 Å². The van der Waals surface area contributed by atoms with E-state index in [1.165, 1.54) is 0 Å². The van der Waals surface area contributed by atoms with E-state index in [0.29, 0.717) is 49.9 Å². The second-order valence-electron chi connectivity index (χ2n) is 5.57. The summed E-state index contributed by atoms with van der Waals surface area (Å²) in [5.74, 6) is -0.129. The summed E-state index contributed by atoms with van der Waals surface area (Å²) in [4.78, 5) is 28.9. The lowest BCUT2D eigenvalue weighted by Crippen LogP contribution is -2.51. The average Bonchev–Trinajstić information content (AvgIpc) is 3.04. The molecule has 5 nitrogen and oxygen atoms in total. The maximum Gasteiger partial charge on any atom is 0.256 e. The number of hydrogen-bond acceptors (Lipinski definition) is 3. The number of carbonyl (C=O) groups is 2. The van der Waals surface area contributed by atoms with Crippen LogP contribution in [-0.4, -0.2) is 60.5 Å². The maximum atomic E-state index is 12.7. The Hall–Kier alpha value is -1.59. The van der Waals surface area contributed by atoms with Gasteiger partial charge in [-0.1, -0.05) is 23.7 Å².